The Kier molecular flexibility index (Phi) is 3.36. The number of para-hydroxylation sites is 1. The first-order chi connectivity index (χ1) is 12.2. The molecule has 134 valence electrons. The highest BCUT2D eigenvalue weighted by Gasteiger charge is 2.70. The number of benzene rings is 2. The van der Waals surface area contributed by atoms with Crippen molar-refractivity contribution in [1.29, 1.82) is 0 Å². The highest BCUT2D eigenvalue weighted by Crippen LogP contribution is 2.63. The molecular formula is C20H17F3N2O. The number of aliphatic imine (C=N–C) groups is 1. The number of fused-ring (bicyclic) bond motifs is 2. The fourth-order valence-electron chi connectivity index (χ4n) is 4.19. The van der Waals surface area contributed by atoms with Crippen LogP contribution in [0.5, 0.6) is 0 Å². The van der Waals surface area contributed by atoms with Crippen molar-refractivity contribution < 1.29 is 18.0 Å². The third-order valence-corrected chi connectivity index (χ3v) is 5.40. The van der Waals surface area contributed by atoms with E-state index in [2.05, 4.69) is 4.99 Å². The second-order valence-corrected chi connectivity index (χ2v) is 7.04. The van der Waals surface area contributed by atoms with Crippen LogP contribution in [0.1, 0.15) is 24.5 Å². The lowest BCUT2D eigenvalue weighted by molar-refractivity contribution is -0.169. The van der Waals surface area contributed by atoms with Gasteiger partial charge in [0, 0.05) is 18.3 Å². The molecule has 0 aliphatic carbocycles. The first-order valence-electron chi connectivity index (χ1n) is 8.31. The molecule has 2 aromatic rings. The van der Waals surface area contributed by atoms with Crippen LogP contribution in [0.2, 0.25) is 0 Å². The Bertz CT molecular complexity index is 922. The first kappa shape index (κ1) is 16.8. The van der Waals surface area contributed by atoms with Gasteiger partial charge in [-0.1, -0.05) is 48.5 Å². The lowest BCUT2D eigenvalue weighted by Gasteiger charge is -2.45. The van der Waals surface area contributed by atoms with E-state index in [1.807, 2.05) is 30.3 Å². The standard InChI is InChI=1S/C20H17F3N2O/c1-18(12-19(21,22)23)17(26)25(2)15-11-7-6-10-14(15)20(18)16(24-20)13-8-4-3-5-9-13/h3-11H,12H2,1-2H3. The van der Waals surface area contributed by atoms with Crippen molar-refractivity contribution in [2.45, 2.75) is 25.1 Å². The molecule has 3 nitrogen and oxygen atoms in total. The van der Waals surface area contributed by atoms with Gasteiger partial charge in [-0.25, -0.2) is 0 Å². The molecule has 1 amide bonds. The summed E-state index contributed by atoms with van der Waals surface area (Å²) in [6.45, 7) is 1.38. The van der Waals surface area contributed by atoms with Crippen LogP contribution in [-0.2, 0) is 10.3 Å². The molecule has 2 aromatic carbocycles. The van der Waals surface area contributed by atoms with Crippen LogP contribution in [0.4, 0.5) is 18.9 Å². The van der Waals surface area contributed by atoms with Gasteiger partial charge in [-0.05, 0) is 18.6 Å². The van der Waals surface area contributed by atoms with Crippen LogP contribution in [-0.4, -0.2) is 24.8 Å². The Morgan fingerprint density at radius 2 is 1.65 bits per heavy atom. The lowest BCUT2D eigenvalue weighted by Crippen LogP contribution is -2.56. The Hall–Kier alpha value is -2.63. The number of halogens is 3. The topological polar surface area (TPSA) is 32.7 Å². The molecule has 2 aliphatic rings. The van der Waals surface area contributed by atoms with Crippen LogP contribution < -0.4 is 4.90 Å². The number of carbonyl (C=O) groups excluding carboxylic acids is 1. The number of hydrogen-bond donors (Lipinski definition) is 0. The Labute approximate surface area is 149 Å². The Balaban J connectivity index is 1.93. The van der Waals surface area contributed by atoms with Gasteiger partial charge in [0.25, 0.3) is 0 Å². The van der Waals surface area contributed by atoms with Crippen LogP contribution in [0.15, 0.2) is 59.6 Å². The van der Waals surface area contributed by atoms with Crippen molar-refractivity contribution in [2.24, 2.45) is 10.4 Å². The Morgan fingerprint density at radius 1 is 1.04 bits per heavy atom. The van der Waals surface area contributed by atoms with Crippen molar-refractivity contribution in [3.05, 3.63) is 65.7 Å². The average Bonchev–Trinajstić information content (AvgIpc) is 3.36. The summed E-state index contributed by atoms with van der Waals surface area (Å²) in [7, 11) is 1.52. The van der Waals surface area contributed by atoms with Crippen molar-refractivity contribution in [2.75, 3.05) is 11.9 Å². The summed E-state index contributed by atoms with van der Waals surface area (Å²) in [4.78, 5) is 18.9. The highest BCUT2D eigenvalue weighted by atomic mass is 19.4. The monoisotopic (exact) mass is 358 g/mol. The summed E-state index contributed by atoms with van der Waals surface area (Å²) in [6.07, 6.45) is -5.71. The smallest absolute Gasteiger partial charge is 0.315 e. The Morgan fingerprint density at radius 3 is 2.31 bits per heavy atom. The minimum atomic E-state index is -4.48. The minimum absolute atomic E-state index is 0.541. The fraction of sp³-hybridized carbons (Fsp3) is 0.300. The van der Waals surface area contributed by atoms with Crippen molar-refractivity contribution in [1.82, 2.24) is 0 Å². The van der Waals surface area contributed by atoms with Gasteiger partial charge in [0.05, 0.1) is 17.5 Å². The molecule has 1 spiro atoms. The molecule has 2 heterocycles. The predicted octanol–water partition coefficient (Wildman–Crippen LogP) is 4.32. The molecule has 2 aliphatic heterocycles. The summed E-state index contributed by atoms with van der Waals surface area (Å²) < 4.78 is 40.3. The van der Waals surface area contributed by atoms with Gasteiger partial charge in [0.1, 0.15) is 5.54 Å². The van der Waals surface area contributed by atoms with Crippen LogP contribution in [0, 0.1) is 5.41 Å². The van der Waals surface area contributed by atoms with Gasteiger partial charge < -0.3 is 4.90 Å². The number of amides is 1. The van der Waals surface area contributed by atoms with Gasteiger partial charge in [-0.15, -0.1) is 0 Å². The van der Waals surface area contributed by atoms with Gasteiger partial charge in [0.15, 0.2) is 0 Å². The van der Waals surface area contributed by atoms with Gasteiger partial charge in [0.2, 0.25) is 5.91 Å². The van der Waals surface area contributed by atoms with Gasteiger partial charge in [-0.3, -0.25) is 9.79 Å². The van der Waals surface area contributed by atoms with Crippen LogP contribution in [0.3, 0.4) is 0 Å². The molecule has 0 radical (unpaired) electrons. The summed E-state index contributed by atoms with van der Waals surface area (Å²) >= 11 is 0. The molecule has 0 bridgehead atoms. The predicted molar refractivity (Wildman–Crippen MR) is 93.3 cm³/mol. The zero-order chi connectivity index (χ0) is 18.7. The minimum Gasteiger partial charge on any atom is -0.315 e. The van der Waals surface area contributed by atoms with E-state index in [9.17, 15) is 18.0 Å². The van der Waals surface area contributed by atoms with E-state index < -0.39 is 29.5 Å². The van der Waals surface area contributed by atoms with Crippen LogP contribution >= 0.6 is 0 Å². The molecule has 0 saturated heterocycles. The van der Waals surface area contributed by atoms with Gasteiger partial charge in [-0.2, -0.15) is 13.2 Å². The number of hydrogen-bond acceptors (Lipinski definition) is 2. The zero-order valence-corrected chi connectivity index (χ0v) is 14.3. The molecule has 4 rings (SSSR count). The molecule has 0 fully saturated rings. The normalized spacial score (nSPS) is 27.3. The lowest BCUT2D eigenvalue weighted by atomic mass is 9.63. The second kappa shape index (κ2) is 5.19. The number of rotatable bonds is 2. The molecule has 0 aromatic heterocycles. The second-order valence-electron chi connectivity index (χ2n) is 7.04. The largest absolute Gasteiger partial charge is 0.390 e. The average molecular weight is 358 g/mol. The molecule has 6 heteroatoms. The third kappa shape index (κ3) is 2.14. The summed E-state index contributed by atoms with van der Waals surface area (Å²) in [5.74, 6) is -0.566. The summed E-state index contributed by atoms with van der Waals surface area (Å²) in [5, 5.41) is 0. The molecule has 0 saturated carbocycles. The van der Waals surface area contributed by atoms with E-state index >= 15 is 0 Å². The van der Waals surface area contributed by atoms with E-state index in [0.29, 0.717) is 17.0 Å². The van der Waals surface area contributed by atoms with E-state index in [0.717, 1.165) is 5.56 Å². The zero-order valence-electron chi connectivity index (χ0n) is 14.3. The summed E-state index contributed by atoms with van der Waals surface area (Å²) in [6, 6.07) is 16.1. The molecule has 26 heavy (non-hydrogen) atoms. The van der Waals surface area contributed by atoms with E-state index in [4.69, 9.17) is 0 Å². The number of nitrogens with zero attached hydrogens (tertiary/aromatic N) is 2. The van der Waals surface area contributed by atoms with Crippen molar-refractivity contribution in [3.8, 4) is 0 Å². The maximum Gasteiger partial charge on any atom is 0.390 e. The maximum atomic E-state index is 13.4. The molecule has 2 unspecified atom stereocenters. The molecular weight excluding hydrogens is 341 g/mol. The van der Waals surface area contributed by atoms with Gasteiger partial charge >= 0.3 is 6.18 Å². The van der Waals surface area contributed by atoms with Crippen molar-refractivity contribution >= 4 is 17.3 Å². The van der Waals surface area contributed by atoms with E-state index in [1.54, 1.807) is 24.3 Å². The quantitative estimate of drug-likeness (QED) is 0.787. The molecule has 0 N–H and O–H groups in total. The number of anilines is 1. The maximum absolute atomic E-state index is 13.4. The van der Waals surface area contributed by atoms with E-state index in [1.165, 1.54) is 18.9 Å². The van der Waals surface area contributed by atoms with Crippen LogP contribution in [0.25, 0.3) is 0 Å². The number of carbonyl (C=O) groups is 1. The number of alkyl halides is 3. The summed E-state index contributed by atoms with van der Waals surface area (Å²) in [5.41, 5.74) is -0.463. The highest BCUT2D eigenvalue weighted by molar-refractivity contribution is 6.23. The first-order valence-corrected chi connectivity index (χ1v) is 8.31. The van der Waals surface area contributed by atoms with E-state index in [-0.39, 0.29) is 0 Å². The van der Waals surface area contributed by atoms with Crippen molar-refractivity contribution in [3.63, 3.8) is 0 Å². The SMILES string of the molecule is CN1C(=O)C(C)(CC(F)(F)F)C2(N=C2c2ccccc2)c2ccccc21. The fourth-order valence-corrected chi connectivity index (χ4v) is 4.19. The third-order valence-electron chi connectivity index (χ3n) is 5.40. The molecule has 2 atom stereocenters.